The second-order valence-corrected chi connectivity index (χ2v) is 8.37. The number of sulfonamides is 1. The summed E-state index contributed by atoms with van der Waals surface area (Å²) in [6.45, 7) is 3.74. The maximum Gasteiger partial charge on any atom is 0.417 e. The number of rotatable bonds is 9. The number of alkyl halides is 3. The third-order valence-corrected chi connectivity index (χ3v) is 4.80. The monoisotopic (exact) mass is 430 g/mol. The number of nitrogens with one attached hydrogen (secondary N) is 1. The Hall–Kier alpha value is -1.52. The van der Waals surface area contributed by atoms with Crippen LogP contribution in [-0.2, 0) is 25.7 Å². The minimum atomic E-state index is -4.76. The van der Waals surface area contributed by atoms with E-state index >= 15 is 0 Å². The number of carbonyl (C=O) groups is 1. The predicted molar refractivity (Wildman–Crippen MR) is 97.4 cm³/mol. The van der Waals surface area contributed by atoms with Crippen LogP contribution in [0.4, 0.5) is 18.9 Å². The van der Waals surface area contributed by atoms with Crippen molar-refractivity contribution in [3.05, 3.63) is 28.8 Å². The summed E-state index contributed by atoms with van der Waals surface area (Å²) in [5, 5.41) is 1.95. The van der Waals surface area contributed by atoms with Gasteiger partial charge in [0.2, 0.25) is 15.9 Å². The molecule has 0 aliphatic carbocycles. The molecule has 0 aliphatic heterocycles. The van der Waals surface area contributed by atoms with Gasteiger partial charge in [-0.2, -0.15) is 13.2 Å². The third-order valence-electron chi connectivity index (χ3n) is 3.33. The van der Waals surface area contributed by atoms with Crippen LogP contribution in [0.2, 0.25) is 5.02 Å². The highest BCUT2D eigenvalue weighted by Crippen LogP contribution is 2.37. The van der Waals surface area contributed by atoms with E-state index < -0.39 is 39.2 Å². The maximum atomic E-state index is 13.0. The van der Waals surface area contributed by atoms with Crippen molar-refractivity contribution in [2.75, 3.05) is 30.3 Å². The number of anilines is 1. The van der Waals surface area contributed by atoms with Gasteiger partial charge in [-0.1, -0.05) is 11.6 Å². The lowest BCUT2D eigenvalue weighted by atomic mass is 10.2. The molecule has 1 rings (SSSR count). The van der Waals surface area contributed by atoms with Gasteiger partial charge in [0, 0.05) is 13.2 Å². The van der Waals surface area contributed by atoms with Gasteiger partial charge in [0.15, 0.2) is 0 Å². The molecule has 0 aromatic heterocycles. The topological polar surface area (TPSA) is 75.7 Å². The highest BCUT2D eigenvalue weighted by Gasteiger charge is 2.34. The third kappa shape index (κ3) is 7.94. The average molecular weight is 431 g/mol. The van der Waals surface area contributed by atoms with E-state index in [2.05, 4.69) is 5.32 Å². The molecular formula is C16H22ClF3N2O4S. The summed E-state index contributed by atoms with van der Waals surface area (Å²) in [6, 6.07) is 2.66. The first-order valence-electron chi connectivity index (χ1n) is 8.05. The Morgan fingerprint density at radius 3 is 2.48 bits per heavy atom. The number of ether oxygens (including phenoxy) is 1. The SMILES string of the molecule is CC(C)OCCCNC(=O)CN(c1ccc(Cl)c(C(F)(F)F)c1)S(C)(=O)=O. The quantitative estimate of drug-likeness (QED) is 0.611. The first-order chi connectivity index (χ1) is 12.3. The van der Waals surface area contributed by atoms with Crippen molar-refractivity contribution in [2.24, 2.45) is 0 Å². The Labute approximate surface area is 161 Å². The molecule has 0 fully saturated rings. The van der Waals surface area contributed by atoms with Crippen LogP contribution >= 0.6 is 11.6 Å². The minimum absolute atomic E-state index is 0.0501. The largest absolute Gasteiger partial charge is 0.417 e. The Balaban J connectivity index is 2.88. The van der Waals surface area contributed by atoms with Crippen LogP contribution in [0.25, 0.3) is 0 Å². The maximum absolute atomic E-state index is 13.0. The van der Waals surface area contributed by atoms with Gasteiger partial charge in [-0.05, 0) is 38.5 Å². The number of nitrogens with zero attached hydrogens (tertiary/aromatic N) is 1. The smallest absolute Gasteiger partial charge is 0.379 e. The van der Waals surface area contributed by atoms with Gasteiger partial charge in [-0.25, -0.2) is 8.42 Å². The Morgan fingerprint density at radius 1 is 1.33 bits per heavy atom. The predicted octanol–water partition coefficient (Wildman–Crippen LogP) is 3.06. The Kier molecular flexibility index (Phi) is 8.37. The van der Waals surface area contributed by atoms with Gasteiger partial charge in [-0.15, -0.1) is 0 Å². The molecule has 0 unspecified atom stereocenters. The molecule has 1 amide bonds. The van der Waals surface area contributed by atoms with Crippen LogP contribution < -0.4 is 9.62 Å². The molecule has 0 heterocycles. The summed E-state index contributed by atoms with van der Waals surface area (Å²) in [5.41, 5.74) is -1.48. The first-order valence-corrected chi connectivity index (χ1v) is 10.3. The Morgan fingerprint density at radius 2 is 1.96 bits per heavy atom. The lowest BCUT2D eigenvalue weighted by molar-refractivity contribution is -0.137. The summed E-state index contributed by atoms with van der Waals surface area (Å²) in [4.78, 5) is 12.0. The average Bonchev–Trinajstić information content (AvgIpc) is 2.50. The zero-order chi connectivity index (χ0) is 20.8. The second kappa shape index (κ2) is 9.61. The lowest BCUT2D eigenvalue weighted by Gasteiger charge is -2.23. The Bertz CT molecular complexity index is 755. The minimum Gasteiger partial charge on any atom is -0.379 e. The van der Waals surface area contributed by atoms with E-state index in [0.29, 0.717) is 23.4 Å². The van der Waals surface area contributed by atoms with Crippen molar-refractivity contribution < 1.29 is 31.1 Å². The second-order valence-electron chi connectivity index (χ2n) is 6.05. The van der Waals surface area contributed by atoms with E-state index in [9.17, 15) is 26.4 Å². The highest BCUT2D eigenvalue weighted by molar-refractivity contribution is 7.92. The summed E-state index contributed by atoms with van der Waals surface area (Å²) in [7, 11) is -4.00. The lowest BCUT2D eigenvalue weighted by Crippen LogP contribution is -2.41. The standard InChI is InChI=1S/C16H22ClF3N2O4S/c1-11(2)26-8-4-7-21-15(23)10-22(27(3,24)25)12-5-6-14(17)13(9-12)16(18,19)20/h5-6,9,11H,4,7-8,10H2,1-3H3,(H,21,23). The number of amides is 1. The number of hydrogen-bond acceptors (Lipinski definition) is 4. The molecular weight excluding hydrogens is 409 g/mol. The van der Waals surface area contributed by atoms with Crippen LogP contribution in [0.3, 0.4) is 0 Å². The molecule has 1 aromatic rings. The van der Waals surface area contributed by atoms with Gasteiger partial charge in [0.05, 0.1) is 28.6 Å². The van der Waals surface area contributed by atoms with Crippen molar-refractivity contribution in [2.45, 2.75) is 32.5 Å². The van der Waals surface area contributed by atoms with E-state index in [-0.39, 0.29) is 18.3 Å². The number of benzene rings is 1. The summed E-state index contributed by atoms with van der Waals surface area (Å²) in [5.74, 6) is -0.645. The molecule has 0 spiro atoms. The number of hydrogen-bond donors (Lipinski definition) is 1. The van der Waals surface area contributed by atoms with Crippen LogP contribution in [0.5, 0.6) is 0 Å². The van der Waals surface area contributed by atoms with Crippen molar-refractivity contribution in [3.8, 4) is 0 Å². The van der Waals surface area contributed by atoms with Crippen molar-refractivity contribution in [1.29, 1.82) is 0 Å². The van der Waals surface area contributed by atoms with Gasteiger partial charge >= 0.3 is 6.18 Å². The molecule has 0 radical (unpaired) electrons. The molecule has 0 saturated carbocycles. The van der Waals surface area contributed by atoms with Gasteiger partial charge in [0.25, 0.3) is 0 Å². The van der Waals surface area contributed by atoms with E-state index in [1.54, 1.807) is 0 Å². The van der Waals surface area contributed by atoms with E-state index in [4.69, 9.17) is 16.3 Å². The highest BCUT2D eigenvalue weighted by atomic mass is 35.5. The van der Waals surface area contributed by atoms with E-state index in [1.807, 2.05) is 13.8 Å². The van der Waals surface area contributed by atoms with E-state index in [0.717, 1.165) is 18.4 Å². The summed E-state index contributed by atoms with van der Waals surface area (Å²) >= 11 is 5.55. The summed E-state index contributed by atoms with van der Waals surface area (Å²) in [6.07, 6.45) is -3.38. The normalized spacial score (nSPS) is 12.3. The van der Waals surface area contributed by atoms with Gasteiger partial charge in [-0.3, -0.25) is 9.10 Å². The molecule has 11 heteroatoms. The molecule has 1 N–H and O–H groups in total. The van der Waals surface area contributed by atoms with E-state index in [1.165, 1.54) is 0 Å². The van der Waals surface area contributed by atoms with Crippen LogP contribution in [0.15, 0.2) is 18.2 Å². The van der Waals surface area contributed by atoms with Crippen molar-refractivity contribution in [3.63, 3.8) is 0 Å². The molecule has 0 saturated heterocycles. The van der Waals surface area contributed by atoms with Crippen molar-refractivity contribution in [1.82, 2.24) is 5.32 Å². The van der Waals surface area contributed by atoms with Crippen LogP contribution in [0.1, 0.15) is 25.8 Å². The summed E-state index contributed by atoms with van der Waals surface area (Å²) < 4.78 is 68.9. The fraction of sp³-hybridized carbons (Fsp3) is 0.562. The molecule has 0 aliphatic rings. The van der Waals surface area contributed by atoms with Crippen LogP contribution in [-0.4, -0.2) is 46.4 Å². The number of halogens is 4. The molecule has 154 valence electrons. The molecule has 0 atom stereocenters. The number of carbonyl (C=O) groups excluding carboxylic acids is 1. The molecule has 6 nitrogen and oxygen atoms in total. The molecule has 27 heavy (non-hydrogen) atoms. The molecule has 0 bridgehead atoms. The molecule has 1 aromatic carbocycles. The zero-order valence-corrected chi connectivity index (χ0v) is 16.7. The van der Waals surface area contributed by atoms with Crippen LogP contribution in [0, 0.1) is 0 Å². The van der Waals surface area contributed by atoms with Gasteiger partial charge < -0.3 is 10.1 Å². The zero-order valence-electron chi connectivity index (χ0n) is 15.1. The fourth-order valence-corrected chi connectivity index (χ4v) is 3.16. The van der Waals surface area contributed by atoms with Crippen molar-refractivity contribution >= 4 is 33.2 Å². The van der Waals surface area contributed by atoms with Gasteiger partial charge in [0.1, 0.15) is 6.54 Å². The fourth-order valence-electron chi connectivity index (χ4n) is 2.09. The first kappa shape index (κ1) is 23.5.